The second-order valence-corrected chi connectivity index (χ2v) is 5.58. The highest BCUT2D eigenvalue weighted by molar-refractivity contribution is 7.11. The molecule has 1 fully saturated rings. The highest BCUT2D eigenvalue weighted by Crippen LogP contribution is 2.29. The Bertz CT molecular complexity index is 374. The molecule has 1 aliphatic rings. The Morgan fingerprint density at radius 1 is 1.56 bits per heavy atom. The molecule has 1 heterocycles. The standard InChI is InChI=1S/C11H16N2OS.ClH/c1-8-3-4-9(15-8)7-13-10(14)11(12)5-2-6-11;/h3-4H,2,5-7,12H2,1H3,(H,13,14);1H. The Morgan fingerprint density at radius 3 is 2.69 bits per heavy atom. The minimum atomic E-state index is -0.577. The van der Waals surface area contributed by atoms with E-state index in [1.54, 1.807) is 11.3 Å². The predicted molar refractivity (Wildman–Crippen MR) is 68.9 cm³/mol. The van der Waals surface area contributed by atoms with Crippen LogP contribution in [-0.2, 0) is 11.3 Å². The molecular weight excluding hydrogens is 244 g/mol. The van der Waals surface area contributed by atoms with Crippen LogP contribution in [0.15, 0.2) is 12.1 Å². The number of hydrogen-bond donors (Lipinski definition) is 2. The maximum absolute atomic E-state index is 11.7. The molecule has 3 nitrogen and oxygen atoms in total. The zero-order valence-corrected chi connectivity index (χ0v) is 10.9. The number of carbonyl (C=O) groups is 1. The maximum Gasteiger partial charge on any atom is 0.240 e. The summed E-state index contributed by atoms with van der Waals surface area (Å²) in [6.45, 7) is 2.67. The van der Waals surface area contributed by atoms with Gasteiger partial charge < -0.3 is 11.1 Å². The zero-order valence-electron chi connectivity index (χ0n) is 9.29. The van der Waals surface area contributed by atoms with Crippen molar-refractivity contribution in [2.24, 2.45) is 5.73 Å². The predicted octanol–water partition coefficient (Wildman–Crippen LogP) is 1.98. The van der Waals surface area contributed by atoms with Gasteiger partial charge in [-0.15, -0.1) is 23.7 Å². The molecular formula is C11H17ClN2OS. The van der Waals surface area contributed by atoms with Gasteiger partial charge >= 0.3 is 0 Å². The summed E-state index contributed by atoms with van der Waals surface area (Å²) in [7, 11) is 0. The zero-order chi connectivity index (χ0) is 10.9. The van der Waals surface area contributed by atoms with Crippen molar-refractivity contribution in [1.82, 2.24) is 5.32 Å². The molecule has 2 rings (SSSR count). The van der Waals surface area contributed by atoms with Crippen LogP contribution in [0.5, 0.6) is 0 Å². The van der Waals surface area contributed by atoms with Gasteiger partial charge in [-0.1, -0.05) is 0 Å². The van der Waals surface area contributed by atoms with Crippen molar-refractivity contribution in [1.29, 1.82) is 0 Å². The first-order valence-corrected chi connectivity index (χ1v) is 6.04. The average Bonchev–Trinajstić information content (AvgIpc) is 2.57. The maximum atomic E-state index is 11.7. The number of amides is 1. The molecule has 0 aliphatic heterocycles. The van der Waals surface area contributed by atoms with Gasteiger partial charge in [-0.05, 0) is 38.3 Å². The van der Waals surface area contributed by atoms with Gasteiger partial charge in [0.25, 0.3) is 0 Å². The summed E-state index contributed by atoms with van der Waals surface area (Å²) in [5, 5.41) is 2.90. The Kier molecular flexibility index (Phi) is 4.35. The van der Waals surface area contributed by atoms with Crippen molar-refractivity contribution in [3.05, 3.63) is 21.9 Å². The molecule has 0 atom stereocenters. The van der Waals surface area contributed by atoms with E-state index in [1.165, 1.54) is 9.75 Å². The smallest absolute Gasteiger partial charge is 0.240 e. The van der Waals surface area contributed by atoms with Gasteiger partial charge in [-0.2, -0.15) is 0 Å². The van der Waals surface area contributed by atoms with Crippen LogP contribution in [0, 0.1) is 6.92 Å². The van der Waals surface area contributed by atoms with Crippen LogP contribution in [0.1, 0.15) is 29.0 Å². The minimum absolute atomic E-state index is 0. The fourth-order valence-corrected chi connectivity index (χ4v) is 2.54. The Morgan fingerprint density at radius 2 is 2.25 bits per heavy atom. The number of hydrogen-bond acceptors (Lipinski definition) is 3. The van der Waals surface area contributed by atoms with E-state index in [9.17, 15) is 4.79 Å². The second-order valence-electron chi connectivity index (χ2n) is 4.20. The lowest BCUT2D eigenvalue weighted by Gasteiger charge is -2.36. The fraction of sp³-hybridized carbons (Fsp3) is 0.545. The molecule has 3 N–H and O–H groups in total. The van der Waals surface area contributed by atoms with Crippen molar-refractivity contribution in [3.8, 4) is 0 Å². The molecule has 1 aromatic rings. The average molecular weight is 261 g/mol. The highest BCUT2D eigenvalue weighted by Gasteiger charge is 2.39. The minimum Gasteiger partial charge on any atom is -0.350 e. The quantitative estimate of drug-likeness (QED) is 0.873. The Hall–Kier alpha value is -0.580. The van der Waals surface area contributed by atoms with E-state index in [0.717, 1.165) is 19.3 Å². The molecule has 90 valence electrons. The molecule has 1 saturated carbocycles. The van der Waals surface area contributed by atoms with E-state index in [0.29, 0.717) is 6.54 Å². The van der Waals surface area contributed by atoms with Crippen LogP contribution < -0.4 is 11.1 Å². The number of rotatable bonds is 3. The number of aryl methyl sites for hydroxylation is 1. The summed E-state index contributed by atoms with van der Waals surface area (Å²) in [4.78, 5) is 14.1. The second kappa shape index (κ2) is 5.17. The first kappa shape index (κ1) is 13.5. The number of nitrogens with one attached hydrogen (secondary N) is 1. The molecule has 0 spiro atoms. The van der Waals surface area contributed by atoms with E-state index in [1.807, 2.05) is 6.07 Å². The molecule has 0 saturated heterocycles. The van der Waals surface area contributed by atoms with Gasteiger partial charge in [0.05, 0.1) is 12.1 Å². The van der Waals surface area contributed by atoms with Gasteiger partial charge in [0.15, 0.2) is 0 Å². The van der Waals surface area contributed by atoms with Crippen LogP contribution in [0.25, 0.3) is 0 Å². The normalized spacial score (nSPS) is 17.1. The molecule has 0 radical (unpaired) electrons. The summed E-state index contributed by atoms with van der Waals surface area (Å²) < 4.78 is 0. The first-order chi connectivity index (χ1) is 7.10. The third-order valence-corrected chi connectivity index (χ3v) is 3.92. The number of halogens is 1. The van der Waals surface area contributed by atoms with Crippen molar-refractivity contribution in [3.63, 3.8) is 0 Å². The summed E-state index contributed by atoms with van der Waals surface area (Å²) in [5.41, 5.74) is 5.33. The van der Waals surface area contributed by atoms with Crippen LogP contribution >= 0.6 is 23.7 Å². The fourth-order valence-electron chi connectivity index (χ4n) is 1.71. The third kappa shape index (κ3) is 2.75. The Labute approximate surface area is 106 Å². The summed E-state index contributed by atoms with van der Waals surface area (Å²) in [6, 6.07) is 4.11. The molecule has 1 aromatic heterocycles. The van der Waals surface area contributed by atoms with Crippen molar-refractivity contribution >= 4 is 29.7 Å². The van der Waals surface area contributed by atoms with Gasteiger partial charge in [0.1, 0.15) is 0 Å². The topological polar surface area (TPSA) is 55.1 Å². The molecule has 0 unspecified atom stereocenters. The van der Waals surface area contributed by atoms with Crippen LogP contribution in [-0.4, -0.2) is 11.4 Å². The lowest BCUT2D eigenvalue weighted by molar-refractivity contribution is -0.129. The van der Waals surface area contributed by atoms with E-state index >= 15 is 0 Å². The van der Waals surface area contributed by atoms with Crippen molar-refractivity contribution in [2.45, 2.75) is 38.3 Å². The van der Waals surface area contributed by atoms with Crippen LogP contribution in [0.3, 0.4) is 0 Å². The number of nitrogens with two attached hydrogens (primary N) is 1. The highest BCUT2D eigenvalue weighted by atomic mass is 35.5. The van der Waals surface area contributed by atoms with Gasteiger partial charge in [-0.25, -0.2) is 0 Å². The van der Waals surface area contributed by atoms with Crippen LogP contribution in [0.2, 0.25) is 0 Å². The SMILES string of the molecule is Cc1ccc(CNC(=O)C2(N)CCC2)s1.Cl. The third-order valence-electron chi connectivity index (χ3n) is 2.92. The number of carbonyl (C=O) groups excluding carboxylic acids is 1. The molecule has 16 heavy (non-hydrogen) atoms. The monoisotopic (exact) mass is 260 g/mol. The van der Waals surface area contributed by atoms with E-state index in [2.05, 4.69) is 18.3 Å². The molecule has 0 bridgehead atoms. The van der Waals surface area contributed by atoms with Crippen LogP contribution in [0.4, 0.5) is 0 Å². The van der Waals surface area contributed by atoms with Gasteiger partial charge in [-0.3, -0.25) is 4.79 Å². The van der Waals surface area contributed by atoms with E-state index in [4.69, 9.17) is 5.73 Å². The lowest BCUT2D eigenvalue weighted by atomic mass is 9.77. The lowest BCUT2D eigenvalue weighted by Crippen LogP contribution is -2.58. The summed E-state index contributed by atoms with van der Waals surface area (Å²) in [5.74, 6) is -0.000182. The Balaban J connectivity index is 0.00000128. The largest absolute Gasteiger partial charge is 0.350 e. The molecule has 1 amide bonds. The molecule has 0 aromatic carbocycles. The van der Waals surface area contributed by atoms with Crippen molar-refractivity contribution in [2.75, 3.05) is 0 Å². The summed E-state index contributed by atoms with van der Waals surface area (Å²) in [6.07, 6.45) is 2.71. The first-order valence-electron chi connectivity index (χ1n) is 5.23. The van der Waals surface area contributed by atoms with Crippen molar-refractivity contribution < 1.29 is 4.79 Å². The van der Waals surface area contributed by atoms with Gasteiger partial charge in [0.2, 0.25) is 5.91 Å². The van der Waals surface area contributed by atoms with E-state index < -0.39 is 5.54 Å². The van der Waals surface area contributed by atoms with Gasteiger partial charge in [0, 0.05) is 9.75 Å². The number of thiophene rings is 1. The van der Waals surface area contributed by atoms with E-state index in [-0.39, 0.29) is 18.3 Å². The molecule has 5 heteroatoms. The summed E-state index contributed by atoms with van der Waals surface area (Å²) >= 11 is 1.71. The molecule has 1 aliphatic carbocycles.